The van der Waals surface area contributed by atoms with Gasteiger partial charge < -0.3 is 9.30 Å². The number of hydrogen-bond acceptors (Lipinski definition) is 3. The van der Waals surface area contributed by atoms with Gasteiger partial charge in [0.2, 0.25) is 0 Å². The van der Waals surface area contributed by atoms with Gasteiger partial charge in [0.05, 0.1) is 23.8 Å². The molecule has 0 saturated heterocycles. The number of ether oxygens (including phenoxy) is 1. The Morgan fingerprint density at radius 3 is 2.78 bits per heavy atom. The molecule has 0 unspecified atom stereocenters. The number of hydrogen-bond donors (Lipinski definition) is 0. The van der Waals surface area contributed by atoms with Crippen LogP contribution >= 0.6 is 0 Å². The Kier molecular flexibility index (Phi) is 3.86. The number of benzene rings is 2. The Hall–Kier alpha value is -3.06. The third-order valence-corrected chi connectivity index (χ3v) is 3.89. The van der Waals surface area contributed by atoms with E-state index < -0.39 is 5.97 Å². The third-order valence-electron chi connectivity index (χ3n) is 3.89. The molecule has 1 aromatic heterocycles. The minimum Gasteiger partial charge on any atom is -0.463 e. The molecule has 0 aliphatic heterocycles. The van der Waals surface area contributed by atoms with E-state index >= 15 is 0 Å². The fourth-order valence-corrected chi connectivity index (χ4v) is 2.80. The van der Waals surface area contributed by atoms with E-state index in [1.54, 1.807) is 13.0 Å². The van der Waals surface area contributed by atoms with Crippen LogP contribution in [0.5, 0.6) is 0 Å². The summed E-state index contributed by atoms with van der Waals surface area (Å²) >= 11 is 0. The van der Waals surface area contributed by atoms with Crippen molar-refractivity contribution in [2.75, 3.05) is 6.61 Å². The molecule has 0 radical (unpaired) electrons. The molecule has 4 nitrogen and oxygen atoms in total. The molecule has 0 bridgehead atoms. The van der Waals surface area contributed by atoms with Crippen LogP contribution < -0.4 is 0 Å². The van der Waals surface area contributed by atoms with E-state index in [0.29, 0.717) is 17.7 Å². The van der Waals surface area contributed by atoms with Gasteiger partial charge in [0.1, 0.15) is 0 Å². The Balaban J connectivity index is 2.21. The minimum absolute atomic E-state index is 0.330. The molecule has 4 heteroatoms. The molecular formula is C19H16N2O2. The predicted molar refractivity (Wildman–Crippen MR) is 90.8 cm³/mol. The van der Waals surface area contributed by atoms with Gasteiger partial charge in [-0.1, -0.05) is 18.2 Å². The van der Waals surface area contributed by atoms with Gasteiger partial charge in [0, 0.05) is 29.4 Å². The van der Waals surface area contributed by atoms with E-state index in [1.807, 2.05) is 31.3 Å². The second kappa shape index (κ2) is 5.98. The fourth-order valence-electron chi connectivity index (χ4n) is 2.80. The number of nitrogens with zero attached hydrogens (tertiary/aromatic N) is 2. The Bertz CT molecular complexity index is 974. The first kappa shape index (κ1) is 14.9. The lowest BCUT2D eigenvalue weighted by molar-refractivity contribution is -0.137. The van der Waals surface area contributed by atoms with Crippen LogP contribution in [-0.2, 0) is 16.6 Å². The molecule has 23 heavy (non-hydrogen) atoms. The maximum atomic E-state index is 11.5. The Labute approximate surface area is 134 Å². The molecule has 0 amide bonds. The summed E-state index contributed by atoms with van der Waals surface area (Å²) in [5.74, 6) is -0.408. The maximum absolute atomic E-state index is 11.5. The van der Waals surface area contributed by atoms with E-state index in [-0.39, 0.29) is 0 Å². The molecule has 1 heterocycles. The molecule has 3 aromatic rings. The maximum Gasteiger partial charge on any atom is 0.330 e. The monoisotopic (exact) mass is 304 g/mol. The molecule has 2 aromatic carbocycles. The van der Waals surface area contributed by atoms with Crippen LogP contribution in [0.3, 0.4) is 0 Å². The standard InChI is InChI=1S/C19H16N2O2/c1-3-23-19(22)9-8-13-10-16-15-6-4-5-7-17(15)21(2)18(16)11-14(13)12-20/h4-11H,3H2,1-2H3/b9-8-. The Morgan fingerprint density at radius 2 is 2.04 bits per heavy atom. The number of para-hydroxylation sites is 1. The van der Waals surface area contributed by atoms with Gasteiger partial charge >= 0.3 is 5.97 Å². The first-order valence-corrected chi connectivity index (χ1v) is 7.41. The van der Waals surface area contributed by atoms with E-state index in [1.165, 1.54) is 6.08 Å². The van der Waals surface area contributed by atoms with Crippen molar-refractivity contribution in [1.29, 1.82) is 5.26 Å². The van der Waals surface area contributed by atoms with Crippen molar-refractivity contribution >= 4 is 33.9 Å². The second-order valence-corrected chi connectivity index (χ2v) is 5.23. The highest BCUT2D eigenvalue weighted by molar-refractivity contribution is 6.09. The Morgan fingerprint density at radius 1 is 1.26 bits per heavy atom. The number of nitriles is 1. The summed E-state index contributed by atoms with van der Waals surface area (Å²) in [6.07, 6.45) is 2.99. The van der Waals surface area contributed by atoms with Gasteiger partial charge in [-0.25, -0.2) is 4.79 Å². The molecule has 3 rings (SSSR count). The average molecular weight is 304 g/mol. The van der Waals surface area contributed by atoms with Crippen molar-refractivity contribution in [3.05, 3.63) is 53.6 Å². The summed E-state index contributed by atoms with van der Waals surface area (Å²) in [5.41, 5.74) is 3.35. The number of carbonyl (C=O) groups is 1. The van der Waals surface area contributed by atoms with E-state index in [2.05, 4.69) is 22.8 Å². The van der Waals surface area contributed by atoms with Gasteiger partial charge in [-0.15, -0.1) is 0 Å². The average Bonchev–Trinajstić information content (AvgIpc) is 2.85. The van der Waals surface area contributed by atoms with Gasteiger partial charge in [-0.3, -0.25) is 0 Å². The van der Waals surface area contributed by atoms with Crippen LogP contribution in [0.1, 0.15) is 18.1 Å². The summed E-state index contributed by atoms with van der Waals surface area (Å²) in [6, 6.07) is 14.1. The molecular weight excluding hydrogens is 288 g/mol. The SMILES string of the molecule is CCOC(=O)/C=C\c1cc2c3ccccc3n(C)c2cc1C#N. The molecule has 0 fully saturated rings. The van der Waals surface area contributed by atoms with Crippen molar-refractivity contribution in [1.82, 2.24) is 4.57 Å². The van der Waals surface area contributed by atoms with Gasteiger partial charge in [0.15, 0.2) is 0 Å². The van der Waals surface area contributed by atoms with Crippen LogP contribution in [0.2, 0.25) is 0 Å². The highest BCUT2D eigenvalue weighted by atomic mass is 16.5. The molecule has 0 atom stereocenters. The van der Waals surface area contributed by atoms with E-state index in [9.17, 15) is 10.1 Å². The highest BCUT2D eigenvalue weighted by Crippen LogP contribution is 2.30. The first-order chi connectivity index (χ1) is 11.2. The topological polar surface area (TPSA) is 55.0 Å². The van der Waals surface area contributed by atoms with Crippen LogP contribution in [-0.4, -0.2) is 17.1 Å². The lowest BCUT2D eigenvalue weighted by Gasteiger charge is -2.02. The lowest BCUT2D eigenvalue weighted by atomic mass is 10.0. The number of rotatable bonds is 3. The zero-order valence-electron chi connectivity index (χ0n) is 13.0. The van der Waals surface area contributed by atoms with Crippen molar-refractivity contribution in [3.8, 4) is 6.07 Å². The van der Waals surface area contributed by atoms with Gasteiger partial charge in [-0.05, 0) is 36.8 Å². The number of aromatic nitrogens is 1. The summed E-state index contributed by atoms with van der Waals surface area (Å²) < 4.78 is 6.96. The van der Waals surface area contributed by atoms with Crippen LogP contribution in [0, 0.1) is 11.3 Å². The quantitative estimate of drug-likeness (QED) is 0.546. The summed E-state index contributed by atoms with van der Waals surface area (Å²) in [6.45, 7) is 2.09. The number of fused-ring (bicyclic) bond motifs is 3. The zero-order valence-corrected chi connectivity index (χ0v) is 13.0. The number of carbonyl (C=O) groups excluding carboxylic acids is 1. The summed E-state index contributed by atoms with van der Waals surface area (Å²) in [4.78, 5) is 11.5. The molecule has 114 valence electrons. The van der Waals surface area contributed by atoms with Crippen molar-refractivity contribution in [2.45, 2.75) is 6.92 Å². The smallest absolute Gasteiger partial charge is 0.330 e. The van der Waals surface area contributed by atoms with Crippen LogP contribution in [0.4, 0.5) is 0 Å². The second-order valence-electron chi connectivity index (χ2n) is 5.23. The van der Waals surface area contributed by atoms with Crippen molar-refractivity contribution < 1.29 is 9.53 Å². The van der Waals surface area contributed by atoms with Crippen molar-refractivity contribution in [3.63, 3.8) is 0 Å². The number of aryl methyl sites for hydroxylation is 1. The van der Waals surface area contributed by atoms with Crippen LogP contribution in [0.15, 0.2) is 42.5 Å². The third kappa shape index (κ3) is 2.58. The normalized spacial score (nSPS) is 11.2. The summed E-state index contributed by atoms with van der Waals surface area (Å²) in [5, 5.41) is 11.6. The molecule has 0 aliphatic rings. The van der Waals surface area contributed by atoms with Crippen molar-refractivity contribution in [2.24, 2.45) is 7.05 Å². The molecule has 0 aliphatic carbocycles. The zero-order chi connectivity index (χ0) is 16.4. The first-order valence-electron chi connectivity index (χ1n) is 7.41. The van der Waals surface area contributed by atoms with Crippen LogP contribution in [0.25, 0.3) is 27.9 Å². The van der Waals surface area contributed by atoms with Gasteiger partial charge in [0.25, 0.3) is 0 Å². The molecule has 0 spiro atoms. The highest BCUT2D eigenvalue weighted by Gasteiger charge is 2.11. The predicted octanol–water partition coefficient (Wildman–Crippen LogP) is 3.78. The van der Waals surface area contributed by atoms with Gasteiger partial charge in [-0.2, -0.15) is 5.26 Å². The lowest BCUT2D eigenvalue weighted by Crippen LogP contribution is -1.98. The summed E-state index contributed by atoms with van der Waals surface area (Å²) in [7, 11) is 1.99. The van der Waals surface area contributed by atoms with E-state index in [4.69, 9.17) is 4.74 Å². The largest absolute Gasteiger partial charge is 0.463 e. The number of esters is 1. The minimum atomic E-state index is -0.408. The molecule has 0 saturated carbocycles. The van der Waals surface area contributed by atoms with E-state index in [0.717, 1.165) is 21.8 Å². The molecule has 0 N–H and O–H groups in total. The fraction of sp³-hybridized carbons (Fsp3) is 0.158.